The molecule has 0 fully saturated rings. The number of aromatic nitrogens is 4. The maximum Gasteiger partial charge on any atom is 0.380 e. The summed E-state index contributed by atoms with van der Waals surface area (Å²) in [6.45, 7) is 2.76. The summed E-state index contributed by atoms with van der Waals surface area (Å²) in [5.41, 5.74) is 0.204. The first-order valence-electron chi connectivity index (χ1n) is 17.4. The molecule has 0 saturated carbocycles. The second kappa shape index (κ2) is 13.5. The highest BCUT2D eigenvalue weighted by Crippen LogP contribution is 2.67. The zero-order chi connectivity index (χ0) is 39.7. The Balaban J connectivity index is 1.14. The molecule has 0 atom stereocenters. The Kier molecular flexibility index (Phi) is 8.66. The van der Waals surface area contributed by atoms with Crippen molar-refractivity contribution in [1.29, 1.82) is 0 Å². The van der Waals surface area contributed by atoms with Crippen LogP contribution >= 0.6 is 22.7 Å². The number of thiophene rings is 2. The van der Waals surface area contributed by atoms with Gasteiger partial charge in [0, 0.05) is 53.9 Å². The van der Waals surface area contributed by atoms with E-state index in [1.54, 1.807) is 24.3 Å². The van der Waals surface area contributed by atoms with Crippen LogP contribution in [0.15, 0.2) is 129 Å². The van der Waals surface area contributed by atoms with Crippen LogP contribution in [-0.2, 0) is 0 Å². The molecule has 57 heavy (non-hydrogen) atoms. The van der Waals surface area contributed by atoms with Gasteiger partial charge in [0.15, 0.2) is 0 Å². The van der Waals surface area contributed by atoms with Crippen LogP contribution in [0.2, 0.25) is 0 Å². The fourth-order valence-corrected chi connectivity index (χ4v) is 8.69. The van der Waals surface area contributed by atoms with E-state index in [0.29, 0.717) is 11.1 Å². The van der Waals surface area contributed by atoms with Crippen LogP contribution in [0.3, 0.4) is 0 Å². The summed E-state index contributed by atoms with van der Waals surface area (Å²) in [6, 6.07) is 33.5. The predicted molar refractivity (Wildman–Crippen MR) is 208 cm³/mol. The van der Waals surface area contributed by atoms with Gasteiger partial charge in [0.2, 0.25) is 23.6 Å². The molecule has 0 N–H and O–H groups in total. The van der Waals surface area contributed by atoms with Gasteiger partial charge in [0.1, 0.15) is 0 Å². The molecule has 0 aliphatic heterocycles. The third-order valence-corrected chi connectivity index (χ3v) is 11.7. The van der Waals surface area contributed by atoms with Gasteiger partial charge in [0.25, 0.3) is 0 Å². The van der Waals surface area contributed by atoms with E-state index in [1.807, 2.05) is 84.9 Å². The van der Waals surface area contributed by atoms with Gasteiger partial charge < -0.3 is 8.83 Å². The van der Waals surface area contributed by atoms with Gasteiger partial charge in [-0.1, -0.05) is 84.9 Å². The number of aryl methyl sites for hydroxylation is 2. The third kappa shape index (κ3) is 5.84. The average Bonchev–Trinajstić information content (AvgIpc) is 4.06. The lowest BCUT2D eigenvalue weighted by Crippen LogP contribution is -2.49. The van der Waals surface area contributed by atoms with Crippen molar-refractivity contribution in [2.45, 2.75) is 31.6 Å². The van der Waals surface area contributed by atoms with Crippen LogP contribution in [0.1, 0.15) is 20.9 Å². The Bertz CT molecular complexity index is 2600. The Hall–Kier alpha value is -6.12. The molecule has 1 aliphatic rings. The lowest BCUT2D eigenvalue weighted by molar-refractivity contribution is -0.254. The topological polar surface area (TPSA) is 77.8 Å². The molecule has 4 heterocycles. The quantitative estimate of drug-likeness (QED) is 0.142. The van der Waals surface area contributed by atoms with Gasteiger partial charge in [-0.15, -0.1) is 43.1 Å². The molecule has 4 aromatic carbocycles. The lowest BCUT2D eigenvalue weighted by Gasteiger charge is -2.26. The van der Waals surface area contributed by atoms with Gasteiger partial charge in [-0.2, -0.15) is 26.3 Å². The van der Waals surface area contributed by atoms with E-state index in [2.05, 4.69) is 20.4 Å². The van der Waals surface area contributed by atoms with E-state index >= 15 is 26.3 Å². The van der Waals surface area contributed by atoms with E-state index in [1.165, 1.54) is 24.6 Å². The maximum absolute atomic E-state index is 16.3. The van der Waals surface area contributed by atoms with Crippen molar-refractivity contribution in [2.75, 3.05) is 0 Å². The van der Waals surface area contributed by atoms with Crippen LogP contribution < -0.4 is 0 Å². The Morgan fingerprint density at radius 3 is 1.11 bits per heavy atom. The van der Waals surface area contributed by atoms with Crippen LogP contribution in [0, 0.1) is 13.8 Å². The van der Waals surface area contributed by atoms with E-state index < -0.39 is 40.0 Å². The van der Waals surface area contributed by atoms with Crippen molar-refractivity contribution in [1.82, 2.24) is 20.4 Å². The highest BCUT2D eigenvalue weighted by atomic mass is 32.1. The Morgan fingerprint density at radius 1 is 0.421 bits per heavy atom. The Morgan fingerprint density at radius 2 is 0.737 bits per heavy atom. The fraction of sp³-hybridized carbons (Fsp3) is 0.116. The predicted octanol–water partition coefficient (Wildman–Crippen LogP) is 13.0. The molecule has 0 spiro atoms. The van der Waals surface area contributed by atoms with Crippen LogP contribution in [0.4, 0.5) is 26.3 Å². The normalized spacial score (nSPS) is 15.7. The van der Waals surface area contributed by atoms with Gasteiger partial charge >= 0.3 is 17.8 Å². The summed E-state index contributed by atoms with van der Waals surface area (Å²) in [5.74, 6) is -17.1. The van der Waals surface area contributed by atoms with E-state index in [0.717, 1.165) is 44.9 Å². The van der Waals surface area contributed by atoms with Crippen LogP contribution in [-0.4, -0.2) is 38.2 Å². The molecule has 14 heteroatoms. The minimum atomic E-state index is -5.82. The molecule has 6 nitrogen and oxygen atoms in total. The molecule has 0 unspecified atom stereocenters. The van der Waals surface area contributed by atoms with Crippen molar-refractivity contribution in [3.05, 3.63) is 141 Å². The summed E-state index contributed by atoms with van der Waals surface area (Å²) in [5, 5.41) is 19.0. The first kappa shape index (κ1) is 36.5. The van der Waals surface area contributed by atoms with Gasteiger partial charge in [-0.3, -0.25) is 0 Å². The standard InChI is InChI=1S/C43H26F6N4O2S2/c1-23-33(31(21-56-23)39-52-50-37(54-39)29-17-13-27(14-18-29)25-9-5-3-6-10-25)35-36(42(46,47)43(48,49)41(35,44)45)34-24(2)57-22-32(34)40-53-51-38(55-40)30-19-15-28(16-20-30)26-11-7-4-8-12-26/h3-22H,1-2H3. The minimum Gasteiger partial charge on any atom is -0.416 e. The van der Waals surface area contributed by atoms with Crippen LogP contribution in [0.5, 0.6) is 0 Å². The molecular formula is C43H26F6N4O2S2. The first-order valence-corrected chi connectivity index (χ1v) is 19.2. The maximum atomic E-state index is 16.3. The highest BCUT2D eigenvalue weighted by Gasteiger charge is 2.80. The van der Waals surface area contributed by atoms with Crippen molar-refractivity contribution in [3.63, 3.8) is 0 Å². The summed E-state index contributed by atoms with van der Waals surface area (Å²) in [7, 11) is 0. The van der Waals surface area contributed by atoms with Crippen molar-refractivity contribution < 1.29 is 35.2 Å². The number of hydrogen-bond acceptors (Lipinski definition) is 8. The monoisotopic (exact) mass is 808 g/mol. The van der Waals surface area contributed by atoms with E-state index in [4.69, 9.17) is 8.83 Å². The fourth-order valence-electron chi connectivity index (χ4n) is 7.00. The minimum absolute atomic E-state index is 0.0142. The number of alkyl halides is 6. The molecule has 1 aliphatic carbocycles. The summed E-state index contributed by atoms with van der Waals surface area (Å²) < 4.78 is 108. The van der Waals surface area contributed by atoms with Gasteiger partial charge in [0.05, 0.1) is 11.1 Å². The largest absolute Gasteiger partial charge is 0.416 e. The zero-order valence-electron chi connectivity index (χ0n) is 29.7. The van der Waals surface area contributed by atoms with Gasteiger partial charge in [-0.05, 0) is 60.4 Å². The molecule has 4 aromatic heterocycles. The number of allylic oxidation sites excluding steroid dienone is 2. The number of benzene rings is 4. The van der Waals surface area contributed by atoms with Crippen molar-refractivity contribution >= 4 is 33.8 Å². The zero-order valence-corrected chi connectivity index (χ0v) is 31.4. The molecule has 0 saturated heterocycles. The van der Waals surface area contributed by atoms with Crippen molar-refractivity contribution in [2.24, 2.45) is 0 Å². The van der Waals surface area contributed by atoms with Crippen molar-refractivity contribution in [3.8, 4) is 68.1 Å². The summed E-state index contributed by atoms with van der Waals surface area (Å²) in [4.78, 5) is 0.122. The molecule has 284 valence electrons. The smallest absolute Gasteiger partial charge is 0.380 e. The molecule has 0 amide bonds. The number of hydrogen-bond donors (Lipinski definition) is 0. The SMILES string of the molecule is Cc1scc(-c2nnc(-c3ccc(-c4ccccc4)cc3)o2)c1C1=C(c2c(-c3nnc(-c4ccc(-c5ccccc5)cc4)o3)csc2C)C(F)(F)C(F)(F)C1(F)F. The summed E-state index contributed by atoms with van der Waals surface area (Å²) in [6.07, 6.45) is 0. The highest BCUT2D eigenvalue weighted by molar-refractivity contribution is 7.11. The molecule has 0 radical (unpaired) electrons. The van der Waals surface area contributed by atoms with E-state index in [9.17, 15) is 0 Å². The van der Waals surface area contributed by atoms with E-state index in [-0.39, 0.29) is 44.4 Å². The first-order chi connectivity index (χ1) is 27.4. The molecular weight excluding hydrogens is 783 g/mol. The number of nitrogens with zero attached hydrogens (tertiary/aromatic N) is 4. The Labute approximate surface area is 328 Å². The van der Waals surface area contributed by atoms with Crippen LogP contribution in [0.25, 0.3) is 79.2 Å². The van der Waals surface area contributed by atoms with Gasteiger partial charge in [-0.25, -0.2) is 0 Å². The molecule has 8 aromatic rings. The third-order valence-electron chi connectivity index (χ3n) is 9.91. The molecule has 0 bridgehead atoms. The second-order valence-corrected chi connectivity index (χ2v) is 15.5. The second-order valence-electron chi connectivity index (χ2n) is 13.3. The summed E-state index contributed by atoms with van der Waals surface area (Å²) >= 11 is 1.80. The molecule has 9 rings (SSSR count). The number of halogens is 6. The number of rotatable bonds is 8. The lowest BCUT2D eigenvalue weighted by atomic mass is 9.91. The average molecular weight is 809 g/mol.